The molecule has 1 aromatic heterocycles. The van der Waals surface area contributed by atoms with Gasteiger partial charge < -0.3 is 19.4 Å². The highest BCUT2D eigenvalue weighted by molar-refractivity contribution is 6.48. The summed E-state index contributed by atoms with van der Waals surface area (Å²) in [6.07, 6.45) is 2.16. The molecule has 2 aromatic rings. The van der Waals surface area contributed by atoms with Crippen LogP contribution in [0.5, 0.6) is 5.75 Å². The van der Waals surface area contributed by atoms with Gasteiger partial charge in [0, 0.05) is 35.9 Å². The fourth-order valence-corrected chi connectivity index (χ4v) is 5.12. The highest BCUT2D eigenvalue weighted by atomic mass is 35.5. The number of aromatic nitrogens is 1. The Bertz CT molecular complexity index is 1100. The second-order valence-electron chi connectivity index (χ2n) is 9.76. The predicted molar refractivity (Wildman–Crippen MR) is 133 cm³/mol. The SMILES string of the molecule is C[SiH](C)OC1C(C(C)(C)C)CCN1c1ncc(C(=O)Nc2ccc(OC(F)(F)Cl)cc2)cc1C#N. The molecule has 1 aliphatic rings. The standard InChI is InChI=1S/C24H29ClF2N4O3Si/c1-23(2,3)19-10-11-31(22(19)34-35(4)5)20-15(13-28)12-16(14-29-20)21(32)30-17-6-8-18(9-7-17)33-24(25,26)27/h6-9,12,14,19,22,35H,10-11H2,1-5H3,(H,30,32). The quantitative estimate of drug-likeness (QED) is 0.377. The maximum Gasteiger partial charge on any atom is 0.487 e. The van der Waals surface area contributed by atoms with Crippen molar-refractivity contribution in [1.29, 1.82) is 5.26 Å². The van der Waals surface area contributed by atoms with E-state index in [0.29, 0.717) is 18.1 Å². The van der Waals surface area contributed by atoms with Crippen LogP contribution in [0.3, 0.4) is 0 Å². The Morgan fingerprint density at radius 3 is 2.49 bits per heavy atom. The molecule has 11 heteroatoms. The molecule has 0 saturated carbocycles. The lowest BCUT2D eigenvalue weighted by atomic mass is 9.79. The van der Waals surface area contributed by atoms with Gasteiger partial charge in [-0.05, 0) is 55.3 Å². The summed E-state index contributed by atoms with van der Waals surface area (Å²) >= 11 is 4.76. The van der Waals surface area contributed by atoms with Crippen molar-refractivity contribution in [2.45, 2.75) is 52.1 Å². The van der Waals surface area contributed by atoms with Gasteiger partial charge in [-0.25, -0.2) is 4.98 Å². The van der Waals surface area contributed by atoms with Gasteiger partial charge >= 0.3 is 5.57 Å². The molecule has 1 saturated heterocycles. The number of pyridine rings is 1. The van der Waals surface area contributed by atoms with E-state index in [9.17, 15) is 18.8 Å². The zero-order chi connectivity index (χ0) is 26.0. The molecule has 35 heavy (non-hydrogen) atoms. The van der Waals surface area contributed by atoms with Crippen LogP contribution in [-0.4, -0.2) is 38.3 Å². The lowest BCUT2D eigenvalue weighted by Crippen LogP contribution is -2.42. The van der Waals surface area contributed by atoms with Crippen molar-refractivity contribution in [3.63, 3.8) is 0 Å². The molecule has 1 amide bonds. The normalized spacial score (nSPS) is 18.5. The van der Waals surface area contributed by atoms with Crippen LogP contribution < -0.4 is 15.0 Å². The Morgan fingerprint density at radius 2 is 1.94 bits per heavy atom. The molecule has 2 atom stereocenters. The molecule has 1 N–H and O–H groups in total. The molecule has 0 radical (unpaired) electrons. The van der Waals surface area contributed by atoms with E-state index < -0.39 is 20.5 Å². The molecular weight excluding hydrogens is 494 g/mol. The number of nitrogens with zero attached hydrogens (tertiary/aromatic N) is 3. The Kier molecular flexibility index (Phi) is 8.04. The average Bonchev–Trinajstić information content (AvgIpc) is 3.16. The summed E-state index contributed by atoms with van der Waals surface area (Å²) in [5, 5.41) is 12.5. The lowest BCUT2D eigenvalue weighted by molar-refractivity contribution is -0.0964. The number of alkyl halides is 3. The summed E-state index contributed by atoms with van der Waals surface area (Å²) in [7, 11) is -1.38. The molecule has 7 nitrogen and oxygen atoms in total. The van der Waals surface area contributed by atoms with E-state index in [-0.39, 0.29) is 34.4 Å². The Labute approximate surface area is 210 Å². The van der Waals surface area contributed by atoms with Crippen molar-refractivity contribution in [3.8, 4) is 11.8 Å². The number of ether oxygens (including phenoxy) is 1. The van der Waals surface area contributed by atoms with Crippen LogP contribution >= 0.6 is 11.6 Å². The van der Waals surface area contributed by atoms with Crippen molar-refractivity contribution in [3.05, 3.63) is 47.7 Å². The number of nitrogens with one attached hydrogen (secondary N) is 1. The number of carbonyl (C=O) groups is 1. The summed E-state index contributed by atoms with van der Waals surface area (Å²) in [6.45, 7) is 11.5. The minimum absolute atomic E-state index is 0.0234. The van der Waals surface area contributed by atoms with Crippen molar-refractivity contribution in [2.75, 3.05) is 16.8 Å². The van der Waals surface area contributed by atoms with E-state index >= 15 is 0 Å². The summed E-state index contributed by atoms with van der Waals surface area (Å²) in [4.78, 5) is 19.3. The third-order valence-corrected chi connectivity index (χ3v) is 6.62. The predicted octanol–water partition coefficient (Wildman–Crippen LogP) is 5.57. The molecule has 0 bridgehead atoms. The Morgan fingerprint density at radius 1 is 1.29 bits per heavy atom. The first kappa shape index (κ1) is 26.9. The topological polar surface area (TPSA) is 87.5 Å². The maximum atomic E-state index is 12.8. The van der Waals surface area contributed by atoms with Crippen molar-refractivity contribution < 1.29 is 22.7 Å². The van der Waals surface area contributed by atoms with E-state index in [2.05, 4.69) is 55.0 Å². The number of nitriles is 1. The first-order valence-electron chi connectivity index (χ1n) is 11.3. The van der Waals surface area contributed by atoms with E-state index in [1.54, 1.807) is 0 Å². The molecule has 0 spiro atoms. The van der Waals surface area contributed by atoms with Gasteiger partial charge in [0.25, 0.3) is 5.91 Å². The minimum Gasteiger partial charge on any atom is -0.420 e. The molecule has 1 aliphatic heterocycles. The molecule has 2 unspecified atom stereocenters. The van der Waals surface area contributed by atoms with Crippen molar-refractivity contribution in [2.24, 2.45) is 11.3 Å². The van der Waals surface area contributed by atoms with Crippen LogP contribution in [-0.2, 0) is 4.43 Å². The van der Waals surface area contributed by atoms with E-state index in [4.69, 9.17) is 16.0 Å². The fraction of sp³-hybridized carbons (Fsp3) is 0.458. The van der Waals surface area contributed by atoms with Crippen molar-refractivity contribution >= 4 is 38.1 Å². The first-order chi connectivity index (χ1) is 16.3. The van der Waals surface area contributed by atoms with Crippen LogP contribution in [0.25, 0.3) is 0 Å². The molecule has 2 heterocycles. The summed E-state index contributed by atoms with van der Waals surface area (Å²) in [6, 6.07) is 8.97. The van der Waals surface area contributed by atoms with E-state index in [1.807, 2.05) is 4.90 Å². The van der Waals surface area contributed by atoms with Crippen LogP contribution in [0.2, 0.25) is 13.1 Å². The van der Waals surface area contributed by atoms with Gasteiger partial charge in [0.2, 0.25) is 0 Å². The number of benzene rings is 1. The summed E-state index contributed by atoms with van der Waals surface area (Å²) < 4.78 is 36.1. The Hall–Kier alpha value is -2.74. The first-order valence-corrected chi connectivity index (χ1v) is 14.4. The average molecular weight is 523 g/mol. The van der Waals surface area contributed by atoms with Crippen molar-refractivity contribution in [1.82, 2.24) is 4.98 Å². The number of hydrogen-bond acceptors (Lipinski definition) is 6. The fourth-order valence-electron chi connectivity index (χ4n) is 4.14. The highest BCUT2D eigenvalue weighted by Crippen LogP contribution is 2.41. The number of anilines is 2. The largest absolute Gasteiger partial charge is 0.487 e. The van der Waals surface area contributed by atoms with Gasteiger partial charge in [0.05, 0.1) is 11.1 Å². The van der Waals surface area contributed by atoms with Gasteiger partial charge in [0.1, 0.15) is 23.9 Å². The third kappa shape index (κ3) is 6.90. The summed E-state index contributed by atoms with van der Waals surface area (Å²) in [5.74, 6) is 0.132. The molecule has 3 rings (SSSR count). The van der Waals surface area contributed by atoms with Gasteiger partial charge in [-0.2, -0.15) is 5.26 Å². The zero-order valence-electron chi connectivity index (χ0n) is 20.3. The number of rotatable bonds is 7. The van der Waals surface area contributed by atoms with E-state index in [0.717, 1.165) is 6.42 Å². The number of amides is 1. The number of halogens is 3. The van der Waals surface area contributed by atoms with Crippen LogP contribution in [0.1, 0.15) is 43.1 Å². The van der Waals surface area contributed by atoms with Crippen LogP contribution in [0.15, 0.2) is 36.5 Å². The zero-order valence-corrected chi connectivity index (χ0v) is 22.2. The van der Waals surface area contributed by atoms with Crippen LogP contribution in [0, 0.1) is 22.7 Å². The maximum absolute atomic E-state index is 12.8. The number of carbonyl (C=O) groups excluding carboxylic acids is 1. The molecule has 1 fully saturated rings. The lowest BCUT2D eigenvalue weighted by Gasteiger charge is -2.37. The summed E-state index contributed by atoms with van der Waals surface area (Å²) in [5.41, 5.74) is -2.98. The molecule has 1 aromatic carbocycles. The van der Waals surface area contributed by atoms with Gasteiger partial charge in [-0.1, -0.05) is 20.8 Å². The van der Waals surface area contributed by atoms with Crippen LogP contribution in [0.4, 0.5) is 20.3 Å². The smallest absolute Gasteiger partial charge is 0.420 e. The molecular formula is C24H29ClF2N4O3Si. The second kappa shape index (κ2) is 10.5. The van der Waals surface area contributed by atoms with Gasteiger partial charge in [0.15, 0.2) is 9.04 Å². The minimum atomic E-state index is -3.82. The van der Waals surface area contributed by atoms with Gasteiger partial charge in [-0.15, -0.1) is 8.78 Å². The van der Waals surface area contributed by atoms with Gasteiger partial charge in [-0.3, -0.25) is 4.79 Å². The Balaban J connectivity index is 1.80. The highest BCUT2D eigenvalue weighted by Gasteiger charge is 2.43. The third-order valence-electron chi connectivity index (χ3n) is 5.72. The molecule has 0 aliphatic carbocycles. The molecule has 188 valence electrons. The van der Waals surface area contributed by atoms with E-state index in [1.165, 1.54) is 36.5 Å². The number of hydrogen-bond donors (Lipinski definition) is 1. The monoisotopic (exact) mass is 522 g/mol. The second-order valence-corrected chi connectivity index (χ2v) is 12.6.